The third-order valence-electron chi connectivity index (χ3n) is 3.04. The molecule has 112 valence electrons. The fourth-order valence-corrected chi connectivity index (χ4v) is 2.36. The number of carbonyl (C=O) groups excluding carboxylic acids is 1. The first-order valence-electron chi connectivity index (χ1n) is 7.01. The molecule has 0 saturated carbocycles. The molecule has 0 aliphatic carbocycles. The normalized spacial score (nSPS) is 12.1. The number of nitrogens with one attached hydrogen (secondary N) is 1. The van der Waals surface area contributed by atoms with Crippen LogP contribution in [0.2, 0.25) is 5.15 Å². The van der Waals surface area contributed by atoms with E-state index >= 15 is 0 Å². The van der Waals surface area contributed by atoms with Gasteiger partial charge < -0.3 is 9.88 Å². The maximum absolute atomic E-state index is 12.3. The molecule has 1 amide bonds. The molecule has 0 saturated heterocycles. The molecule has 0 spiro atoms. The van der Waals surface area contributed by atoms with E-state index < -0.39 is 0 Å². The molecule has 2 heterocycles. The van der Waals surface area contributed by atoms with Crippen molar-refractivity contribution in [3.63, 3.8) is 0 Å². The number of imidazole rings is 1. The molecule has 0 radical (unpaired) electrons. The van der Waals surface area contributed by atoms with E-state index in [0.717, 1.165) is 18.5 Å². The van der Waals surface area contributed by atoms with Crippen LogP contribution in [0.1, 0.15) is 36.3 Å². The summed E-state index contributed by atoms with van der Waals surface area (Å²) in [5.41, 5.74) is 1.40. The number of amides is 1. The maximum Gasteiger partial charge on any atom is 0.251 e. The zero-order valence-electron chi connectivity index (χ0n) is 12.2. The minimum absolute atomic E-state index is 0.00624. The summed E-state index contributed by atoms with van der Waals surface area (Å²) in [5.74, 6) is -0.135. The van der Waals surface area contributed by atoms with Gasteiger partial charge in [0.15, 0.2) is 0 Å². The standard InChI is InChI=1S/C15H19ClN4O/c1-3-4-13-7-12(8-14(16)19-13)15(21)18-11(2)9-20-6-5-17-10-20/h5-8,10-11H,3-4,9H2,1-2H3,(H,18,21). The quantitative estimate of drug-likeness (QED) is 0.835. The number of aryl methyl sites for hydroxylation is 1. The Labute approximate surface area is 129 Å². The predicted molar refractivity (Wildman–Crippen MR) is 82.4 cm³/mol. The number of rotatable bonds is 6. The van der Waals surface area contributed by atoms with Gasteiger partial charge >= 0.3 is 0 Å². The summed E-state index contributed by atoms with van der Waals surface area (Å²) in [4.78, 5) is 20.5. The Kier molecular flexibility index (Phi) is 5.33. The Bertz CT molecular complexity index is 598. The lowest BCUT2D eigenvalue weighted by molar-refractivity contribution is 0.0936. The highest BCUT2D eigenvalue weighted by atomic mass is 35.5. The van der Waals surface area contributed by atoms with E-state index in [1.807, 2.05) is 17.7 Å². The number of aromatic nitrogens is 3. The van der Waals surface area contributed by atoms with Gasteiger partial charge in [-0.05, 0) is 25.5 Å². The molecular formula is C15H19ClN4O. The molecule has 0 fully saturated rings. The molecule has 2 rings (SSSR count). The smallest absolute Gasteiger partial charge is 0.251 e. The summed E-state index contributed by atoms with van der Waals surface area (Å²) < 4.78 is 1.92. The Morgan fingerprint density at radius 1 is 1.48 bits per heavy atom. The first-order chi connectivity index (χ1) is 10.1. The van der Waals surface area contributed by atoms with Crippen LogP contribution < -0.4 is 5.32 Å². The lowest BCUT2D eigenvalue weighted by Gasteiger charge is -2.15. The van der Waals surface area contributed by atoms with E-state index in [9.17, 15) is 4.79 Å². The summed E-state index contributed by atoms with van der Waals surface area (Å²) in [7, 11) is 0. The molecule has 2 aromatic heterocycles. The molecule has 0 bridgehead atoms. The van der Waals surface area contributed by atoms with E-state index in [4.69, 9.17) is 11.6 Å². The summed E-state index contributed by atoms with van der Waals surface area (Å²) in [5, 5.41) is 3.31. The topological polar surface area (TPSA) is 59.8 Å². The highest BCUT2D eigenvalue weighted by molar-refractivity contribution is 6.29. The number of nitrogens with zero attached hydrogens (tertiary/aromatic N) is 3. The number of hydrogen-bond acceptors (Lipinski definition) is 3. The molecule has 0 aliphatic heterocycles. The zero-order valence-corrected chi connectivity index (χ0v) is 13.0. The second-order valence-electron chi connectivity index (χ2n) is 5.05. The monoisotopic (exact) mass is 306 g/mol. The van der Waals surface area contributed by atoms with Crippen molar-refractivity contribution in [2.24, 2.45) is 0 Å². The van der Waals surface area contributed by atoms with Crippen LogP contribution >= 0.6 is 11.6 Å². The molecule has 1 N–H and O–H groups in total. The van der Waals surface area contributed by atoms with Gasteiger partial charge in [0.05, 0.1) is 6.33 Å². The molecule has 1 unspecified atom stereocenters. The summed E-state index contributed by atoms with van der Waals surface area (Å²) in [6.45, 7) is 4.69. The highest BCUT2D eigenvalue weighted by Gasteiger charge is 2.12. The van der Waals surface area contributed by atoms with Gasteiger partial charge in [0.2, 0.25) is 0 Å². The average molecular weight is 307 g/mol. The lowest BCUT2D eigenvalue weighted by Crippen LogP contribution is -2.35. The van der Waals surface area contributed by atoms with Crippen molar-refractivity contribution in [1.82, 2.24) is 19.9 Å². The largest absolute Gasteiger partial charge is 0.348 e. The first-order valence-corrected chi connectivity index (χ1v) is 7.39. The highest BCUT2D eigenvalue weighted by Crippen LogP contribution is 2.12. The van der Waals surface area contributed by atoms with Gasteiger partial charge in [-0.2, -0.15) is 0 Å². The molecule has 1 atom stereocenters. The van der Waals surface area contributed by atoms with Gasteiger partial charge in [0.1, 0.15) is 5.15 Å². The minimum atomic E-state index is -0.135. The predicted octanol–water partition coefficient (Wildman–Crippen LogP) is 2.70. The van der Waals surface area contributed by atoms with Crippen LogP contribution in [-0.2, 0) is 13.0 Å². The summed E-state index contributed by atoms with van der Waals surface area (Å²) in [6, 6.07) is 3.39. The van der Waals surface area contributed by atoms with Crippen LogP contribution in [0.5, 0.6) is 0 Å². The van der Waals surface area contributed by atoms with E-state index in [-0.39, 0.29) is 11.9 Å². The third kappa shape index (κ3) is 4.56. The molecule has 0 aliphatic rings. The zero-order chi connectivity index (χ0) is 15.2. The lowest BCUT2D eigenvalue weighted by atomic mass is 10.1. The summed E-state index contributed by atoms with van der Waals surface area (Å²) in [6.07, 6.45) is 7.09. The number of hydrogen-bond donors (Lipinski definition) is 1. The average Bonchev–Trinajstić information content (AvgIpc) is 2.91. The van der Waals surface area contributed by atoms with Crippen LogP contribution in [-0.4, -0.2) is 26.5 Å². The third-order valence-corrected chi connectivity index (χ3v) is 3.23. The van der Waals surface area contributed by atoms with Crippen LogP contribution in [0.4, 0.5) is 0 Å². The van der Waals surface area contributed by atoms with Gasteiger partial charge in [-0.1, -0.05) is 24.9 Å². The Hall–Kier alpha value is -1.88. The molecule has 6 heteroatoms. The van der Waals surface area contributed by atoms with Crippen LogP contribution in [0.3, 0.4) is 0 Å². The minimum Gasteiger partial charge on any atom is -0.348 e. The number of halogens is 1. The van der Waals surface area contributed by atoms with Crippen LogP contribution in [0, 0.1) is 0 Å². The first kappa shape index (κ1) is 15.5. The van der Waals surface area contributed by atoms with Crippen molar-refractivity contribution in [2.45, 2.75) is 39.3 Å². The summed E-state index contributed by atoms with van der Waals surface area (Å²) >= 11 is 5.98. The van der Waals surface area contributed by atoms with Gasteiger partial charge in [-0.3, -0.25) is 4.79 Å². The van der Waals surface area contributed by atoms with Crippen molar-refractivity contribution < 1.29 is 4.79 Å². The Morgan fingerprint density at radius 2 is 2.29 bits per heavy atom. The van der Waals surface area contributed by atoms with Gasteiger partial charge in [0, 0.05) is 36.2 Å². The van der Waals surface area contributed by atoms with E-state index in [0.29, 0.717) is 17.3 Å². The molecule has 0 aromatic carbocycles. The van der Waals surface area contributed by atoms with Crippen molar-refractivity contribution >= 4 is 17.5 Å². The second kappa shape index (κ2) is 7.22. The molecular weight excluding hydrogens is 288 g/mol. The Balaban J connectivity index is 2.02. The van der Waals surface area contributed by atoms with Crippen LogP contribution in [0.15, 0.2) is 30.9 Å². The molecule has 5 nitrogen and oxygen atoms in total. The fraction of sp³-hybridized carbons (Fsp3) is 0.400. The van der Waals surface area contributed by atoms with E-state index in [2.05, 4.69) is 22.2 Å². The van der Waals surface area contributed by atoms with Crippen molar-refractivity contribution in [2.75, 3.05) is 0 Å². The number of pyridine rings is 1. The van der Waals surface area contributed by atoms with Crippen LogP contribution in [0.25, 0.3) is 0 Å². The van der Waals surface area contributed by atoms with Crippen molar-refractivity contribution in [3.05, 3.63) is 47.3 Å². The van der Waals surface area contributed by atoms with Gasteiger partial charge in [0.25, 0.3) is 5.91 Å². The Morgan fingerprint density at radius 3 is 2.95 bits per heavy atom. The maximum atomic E-state index is 12.3. The van der Waals surface area contributed by atoms with Gasteiger partial charge in [-0.25, -0.2) is 9.97 Å². The van der Waals surface area contributed by atoms with E-state index in [1.165, 1.54) is 0 Å². The van der Waals surface area contributed by atoms with Gasteiger partial charge in [-0.15, -0.1) is 0 Å². The fourth-order valence-electron chi connectivity index (χ4n) is 2.13. The number of carbonyl (C=O) groups is 1. The molecule has 2 aromatic rings. The van der Waals surface area contributed by atoms with E-state index in [1.54, 1.807) is 24.7 Å². The molecule has 21 heavy (non-hydrogen) atoms. The van der Waals surface area contributed by atoms with Crippen molar-refractivity contribution in [1.29, 1.82) is 0 Å². The van der Waals surface area contributed by atoms with Crippen molar-refractivity contribution in [3.8, 4) is 0 Å². The SMILES string of the molecule is CCCc1cc(C(=O)NC(C)Cn2ccnc2)cc(Cl)n1. The second-order valence-corrected chi connectivity index (χ2v) is 5.44.